The van der Waals surface area contributed by atoms with Gasteiger partial charge >= 0.3 is 0 Å². The van der Waals surface area contributed by atoms with Gasteiger partial charge in [-0.15, -0.1) is 0 Å². The maximum atomic E-state index is 6.90. The first-order chi connectivity index (χ1) is 24.4. The molecule has 0 spiro atoms. The lowest BCUT2D eigenvalue weighted by molar-refractivity contribution is 0.590. The van der Waals surface area contributed by atoms with Gasteiger partial charge in [-0.25, -0.2) is 0 Å². The van der Waals surface area contributed by atoms with Crippen molar-refractivity contribution >= 4 is 11.6 Å². The zero-order chi connectivity index (χ0) is 35.8. The van der Waals surface area contributed by atoms with Crippen LogP contribution in [0.25, 0.3) is 66.8 Å². The third-order valence-corrected chi connectivity index (χ3v) is 10.3. The Kier molecular flexibility index (Phi) is 9.32. The topological polar surface area (TPSA) is 0 Å². The van der Waals surface area contributed by atoms with Crippen LogP contribution in [-0.4, -0.2) is 0 Å². The molecule has 0 heterocycles. The Bertz CT molecular complexity index is 2240. The summed E-state index contributed by atoms with van der Waals surface area (Å²) in [5, 5.41) is 0.747. The molecule has 0 fully saturated rings. The highest BCUT2D eigenvalue weighted by atomic mass is 35.5. The third kappa shape index (κ3) is 7.63. The average molecular weight is 681 g/mol. The van der Waals surface area contributed by atoms with Crippen LogP contribution in [0.5, 0.6) is 0 Å². The molecule has 0 radical (unpaired) electrons. The van der Waals surface area contributed by atoms with Crippen molar-refractivity contribution in [1.29, 1.82) is 0 Å². The van der Waals surface area contributed by atoms with Crippen molar-refractivity contribution in [3.8, 4) is 66.8 Å². The molecule has 0 nitrogen and oxygen atoms in total. The van der Waals surface area contributed by atoms with Gasteiger partial charge in [-0.1, -0.05) is 211 Å². The van der Waals surface area contributed by atoms with Crippen molar-refractivity contribution in [2.45, 2.75) is 52.4 Å². The maximum absolute atomic E-state index is 6.90. The van der Waals surface area contributed by atoms with Gasteiger partial charge < -0.3 is 0 Å². The minimum absolute atomic E-state index is 0.156. The van der Waals surface area contributed by atoms with Crippen molar-refractivity contribution in [3.05, 3.63) is 180 Å². The van der Waals surface area contributed by atoms with Crippen molar-refractivity contribution in [2.24, 2.45) is 0 Å². The van der Waals surface area contributed by atoms with E-state index in [2.05, 4.69) is 205 Å². The molecular formula is C50H45Cl. The molecule has 0 amide bonds. The number of benzene rings is 7. The Morgan fingerprint density at radius 2 is 0.490 bits per heavy atom. The number of halogens is 1. The average Bonchev–Trinajstić information content (AvgIpc) is 3.14. The highest BCUT2D eigenvalue weighted by molar-refractivity contribution is 6.33. The van der Waals surface area contributed by atoms with Crippen molar-refractivity contribution in [1.82, 2.24) is 0 Å². The normalized spacial score (nSPS) is 11.8. The lowest BCUT2D eigenvalue weighted by atomic mass is 9.86. The molecule has 0 bridgehead atoms. The van der Waals surface area contributed by atoms with Gasteiger partial charge in [-0.2, -0.15) is 0 Å². The Balaban J connectivity index is 1.02. The summed E-state index contributed by atoms with van der Waals surface area (Å²) in [4.78, 5) is 0. The molecular weight excluding hydrogens is 636 g/mol. The Morgan fingerprint density at radius 3 is 0.745 bits per heavy atom. The van der Waals surface area contributed by atoms with E-state index in [4.69, 9.17) is 11.6 Å². The van der Waals surface area contributed by atoms with E-state index in [0.29, 0.717) is 0 Å². The molecule has 7 aromatic carbocycles. The summed E-state index contributed by atoms with van der Waals surface area (Å²) in [5.41, 5.74) is 17.1. The van der Waals surface area contributed by atoms with Gasteiger partial charge in [0.05, 0.1) is 0 Å². The predicted octanol–water partition coefficient (Wildman–Crippen LogP) is 14.9. The maximum Gasteiger partial charge on any atom is 0.0490 e. The highest BCUT2D eigenvalue weighted by Crippen LogP contribution is 2.35. The summed E-state index contributed by atoms with van der Waals surface area (Å²) >= 11 is 6.90. The summed E-state index contributed by atoms with van der Waals surface area (Å²) in [6.07, 6.45) is 0. The molecule has 0 saturated carbocycles. The number of hydrogen-bond acceptors (Lipinski definition) is 0. The first-order valence-electron chi connectivity index (χ1n) is 17.9. The summed E-state index contributed by atoms with van der Waals surface area (Å²) in [6, 6.07) is 59.3. The van der Waals surface area contributed by atoms with Gasteiger partial charge in [0.15, 0.2) is 0 Å². The monoisotopic (exact) mass is 680 g/mol. The van der Waals surface area contributed by atoms with Gasteiger partial charge in [0, 0.05) is 10.6 Å². The van der Waals surface area contributed by atoms with Crippen LogP contribution in [-0.2, 0) is 10.8 Å². The molecule has 0 N–H and O–H groups in total. The van der Waals surface area contributed by atoms with E-state index in [1.165, 1.54) is 55.6 Å². The number of rotatable bonds is 6. The van der Waals surface area contributed by atoms with Crippen LogP contribution in [0.1, 0.15) is 52.7 Å². The molecule has 7 aromatic rings. The molecule has 0 aliphatic carbocycles. The van der Waals surface area contributed by atoms with E-state index in [9.17, 15) is 0 Å². The minimum atomic E-state index is 0.156. The van der Waals surface area contributed by atoms with Gasteiger partial charge in [-0.05, 0) is 89.2 Å². The summed E-state index contributed by atoms with van der Waals surface area (Å²) < 4.78 is 0. The van der Waals surface area contributed by atoms with E-state index in [-0.39, 0.29) is 10.8 Å². The van der Waals surface area contributed by atoms with Crippen LogP contribution in [0, 0.1) is 0 Å². The van der Waals surface area contributed by atoms with E-state index in [0.717, 1.165) is 27.3 Å². The smallest absolute Gasteiger partial charge is 0.0490 e. The van der Waals surface area contributed by atoms with Crippen LogP contribution < -0.4 is 0 Å². The molecule has 0 aromatic heterocycles. The molecule has 0 unspecified atom stereocenters. The molecule has 1 heteroatoms. The second-order valence-corrected chi connectivity index (χ2v) is 16.1. The van der Waals surface area contributed by atoms with Crippen LogP contribution in [0.15, 0.2) is 164 Å². The number of hydrogen-bond donors (Lipinski definition) is 0. The minimum Gasteiger partial charge on any atom is -0.0836 e. The summed E-state index contributed by atoms with van der Waals surface area (Å²) in [6.45, 7) is 13.5. The second-order valence-electron chi connectivity index (χ2n) is 15.7. The third-order valence-electron chi connectivity index (χ3n) is 9.99. The predicted molar refractivity (Wildman–Crippen MR) is 221 cm³/mol. The van der Waals surface area contributed by atoms with E-state index >= 15 is 0 Å². The fraction of sp³-hybridized carbons (Fsp3) is 0.160. The highest BCUT2D eigenvalue weighted by Gasteiger charge is 2.15. The molecule has 0 saturated heterocycles. The van der Waals surface area contributed by atoms with Gasteiger partial charge in [0.25, 0.3) is 0 Å². The molecule has 0 atom stereocenters. The molecule has 7 rings (SSSR count). The molecule has 0 aliphatic heterocycles. The molecule has 252 valence electrons. The van der Waals surface area contributed by atoms with Crippen LogP contribution in [0.4, 0.5) is 0 Å². The Morgan fingerprint density at radius 1 is 0.275 bits per heavy atom. The Hall–Kier alpha value is -5.17. The SMILES string of the molecule is CC(C)(C)c1ccc(-c2ccc(-c3ccc(-c4ccc(-c5ccc(-c6ccc(-c7ccc(C(C)(C)C)cc7)cc6)cc5)c(Cl)c4)cc3)cc2)cc1. The van der Waals surface area contributed by atoms with Crippen LogP contribution in [0.3, 0.4) is 0 Å². The quantitative estimate of drug-likeness (QED) is 0.164. The van der Waals surface area contributed by atoms with Crippen LogP contribution >= 0.6 is 11.6 Å². The van der Waals surface area contributed by atoms with Crippen LogP contribution in [0.2, 0.25) is 5.02 Å². The molecule has 0 aliphatic rings. The largest absolute Gasteiger partial charge is 0.0836 e. The Labute approximate surface area is 309 Å². The second kappa shape index (κ2) is 13.9. The fourth-order valence-corrected chi connectivity index (χ4v) is 6.95. The van der Waals surface area contributed by atoms with Gasteiger partial charge in [0.1, 0.15) is 0 Å². The van der Waals surface area contributed by atoms with E-state index < -0.39 is 0 Å². The van der Waals surface area contributed by atoms with E-state index in [1.54, 1.807) is 0 Å². The first kappa shape index (κ1) is 34.3. The first-order valence-corrected chi connectivity index (χ1v) is 18.2. The zero-order valence-electron chi connectivity index (χ0n) is 30.5. The lowest BCUT2D eigenvalue weighted by Gasteiger charge is -2.19. The van der Waals surface area contributed by atoms with Crippen molar-refractivity contribution in [2.75, 3.05) is 0 Å². The van der Waals surface area contributed by atoms with Gasteiger partial charge in [-0.3, -0.25) is 0 Å². The fourth-order valence-electron chi connectivity index (χ4n) is 6.66. The molecule has 51 heavy (non-hydrogen) atoms. The van der Waals surface area contributed by atoms with Gasteiger partial charge in [0.2, 0.25) is 0 Å². The summed E-state index contributed by atoms with van der Waals surface area (Å²) in [5.74, 6) is 0. The summed E-state index contributed by atoms with van der Waals surface area (Å²) in [7, 11) is 0. The van der Waals surface area contributed by atoms with Crippen molar-refractivity contribution in [3.63, 3.8) is 0 Å². The van der Waals surface area contributed by atoms with E-state index in [1.807, 2.05) is 0 Å². The standard InChI is InChI=1S/C50H45Cl/c1-49(2,3)45-28-23-40(24-29-45)37-11-7-34(8-12-37)36-15-17-42(18-16-36)44-27-32-47(48(51)33-44)43-21-19-39(20-22-43)35-9-13-38(14-10-35)41-25-30-46(31-26-41)50(4,5)6/h7-33H,1-6H3. The zero-order valence-corrected chi connectivity index (χ0v) is 31.2. The lowest BCUT2D eigenvalue weighted by Crippen LogP contribution is -2.10. The van der Waals surface area contributed by atoms with Crippen molar-refractivity contribution < 1.29 is 0 Å².